The monoisotopic (exact) mass is 338 g/mol. The van der Waals surface area contributed by atoms with Gasteiger partial charge in [-0.05, 0) is 42.3 Å². The minimum absolute atomic E-state index is 0.154. The first kappa shape index (κ1) is 16.0. The minimum Gasteiger partial charge on any atom is -0.465 e. The molecular weight excluding hydrogens is 324 g/mol. The molecule has 0 amide bonds. The zero-order chi connectivity index (χ0) is 17.1. The molecule has 3 aromatic rings. The van der Waals surface area contributed by atoms with E-state index in [9.17, 15) is 9.59 Å². The molecule has 0 spiro atoms. The number of esters is 1. The Labute approximate surface area is 142 Å². The quantitative estimate of drug-likeness (QED) is 0.412. The number of ether oxygens (including phenoxy) is 1. The van der Waals surface area contributed by atoms with Gasteiger partial charge in [-0.25, -0.2) is 9.78 Å². The Hall–Kier alpha value is -2.86. The first-order valence-electron chi connectivity index (χ1n) is 7.20. The number of aryl methyl sites for hydroxylation is 1. The van der Waals surface area contributed by atoms with E-state index in [1.54, 1.807) is 30.6 Å². The third-order valence-corrected chi connectivity index (χ3v) is 4.76. The summed E-state index contributed by atoms with van der Waals surface area (Å²) in [6, 6.07) is 5.43. The van der Waals surface area contributed by atoms with Crippen LogP contribution in [0.25, 0.3) is 16.3 Å². The number of carbonyl (C=O) groups excluding carboxylic acids is 2. The van der Waals surface area contributed by atoms with Crippen molar-refractivity contribution < 1.29 is 14.3 Å². The second-order valence-electron chi connectivity index (χ2n) is 5.11. The number of aromatic nitrogens is 2. The molecule has 0 saturated carbocycles. The Morgan fingerprint density at radius 1 is 1.29 bits per heavy atom. The summed E-state index contributed by atoms with van der Waals surface area (Å²) >= 11 is 1.26. The normalized spacial score (nSPS) is 11.1. The SMILES string of the molecule is COC(=O)c1sc2ncc(C(=O)C=Cc3cccnc3)cc2c1C. The first-order chi connectivity index (χ1) is 11.6. The Balaban J connectivity index is 1.93. The fourth-order valence-corrected chi connectivity index (χ4v) is 3.31. The standard InChI is InChI=1S/C18H14N2O3S/c1-11-14-8-13(10-20-17(14)24-16(11)18(22)23-2)15(21)6-5-12-4-3-7-19-9-12/h3-10H,1-2H3. The van der Waals surface area contributed by atoms with Gasteiger partial charge in [0, 0.05) is 29.5 Å². The average molecular weight is 338 g/mol. The highest BCUT2D eigenvalue weighted by Crippen LogP contribution is 2.30. The van der Waals surface area contributed by atoms with Crippen LogP contribution in [0, 0.1) is 6.92 Å². The van der Waals surface area contributed by atoms with E-state index in [0.717, 1.165) is 16.5 Å². The third-order valence-electron chi connectivity index (χ3n) is 3.56. The maximum Gasteiger partial charge on any atom is 0.348 e. The second kappa shape index (κ2) is 6.72. The molecule has 6 heteroatoms. The van der Waals surface area contributed by atoms with E-state index in [2.05, 4.69) is 9.97 Å². The van der Waals surface area contributed by atoms with E-state index in [1.807, 2.05) is 13.0 Å². The minimum atomic E-state index is -0.389. The number of hydrogen-bond donors (Lipinski definition) is 0. The van der Waals surface area contributed by atoms with Crippen molar-refractivity contribution in [1.82, 2.24) is 9.97 Å². The van der Waals surface area contributed by atoms with Crippen LogP contribution < -0.4 is 0 Å². The molecule has 3 heterocycles. The summed E-state index contributed by atoms with van der Waals surface area (Å²) in [4.78, 5) is 33.6. The van der Waals surface area contributed by atoms with E-state index in [-0.39, 0.29) is 11.8 Å². The molecule has 0 aliphatic heterocycles. The van der Waals surface area contributed by atoms with Gasteiger partial charge in [0.05, 0.1) is 7.11 Å². The van der Waals surface area contributed by atoms with E-state index in [1.165, 1.54) is 30.7 Å². The summed E-state index contributed by atoms with van der Waals surface area (Å²) in [5.74, 6) is -0.543. The number of ketones is 1. The lowest BCUT2D eigenvalue weighted by atomic mass is 10.1. The molecule has 24 heavy (non-hydrogen) atoms. The van der Waals surface area contributed by atoms with Crippen molar-refractivity contribution >= 4 is 39.4 Å². The van der Waals surface area contributed by atoms with E-state index in [0.29, 0.717) is 15.3 Å². The number of allylic oxidation sites excluding steroid dienone is 1. The topological polar surface area (TPSA) is 69.2 Å². The van der Waals surface area contributed by atoms with Gasteiger partial charge in [-0.1, -0.05) is 6.07 Å². The highest BCUT2D eigenvalue weighted by atomic mass is 32.1. The second-order valence-corrected chi connectivity index (χ2v) is 6.11. The van der Waals surface area contributed by atoms with Crippen molar-refractivity contribution in [2.24, 2.45) is 0 Å². The van der Waals surface area contributed by atoms with E-state index in [4.69, 9.17) is 4.74 Å². The number of fused-ring (bicyclic) bond motifs is 1. The summed E-state index contributed by atoms with van der Waals surface area (Å²) in [6.45, 7) is 1.83. The smallest absolute Gasteiger partial charge is 0.348 e. The maximum atomic E-state index is 12.3. The van der Waals surface area contributed by atoms with Gasteiger partial charge in [0.1, 0.15) is 9.71 Å². The van der Waals surface area contributed by atoms with Crippen molar-refractivity contribution in [3.8, 4) is 0 Å². The predicted octanol–water partition coefficient (Wildman–Crippen LogP) is 3.68. The molecule has 120 valence electrons. The first-order valence-corrected chi connectivity index (χ1v) is 8.01. The summed E-state index contributed by atoms with van der Waals surface area (Å²) in [5.41, 5.74) is 2.10. The lowest BCUT2D eigenvalue weighted by Crippen LogP contribution is -1.99. The molecule has 0 fully saturated rings. The van der Waals surface area contributed by atoms with Gasteiger partial charge >= 0.3 is 5.97 Å². The molecule has 0 unspecified atom stereocenters. The Morgan fingerprint density at radius 3 is 2.83 bits per heavy atom. The van der Waals surface area contributed by atoms with Crippen molar-refractivity contribution in [2.45, 2.75) is 6.92 Å². The van der Waals surface area contributed by atoms with Gasteiger partial charge in [-0.3, -0.25) is 9.78 Å². The molecule has 3 rings (SSSR count). The van der Waals surface area contributed by atoms with Crippen molar-refractivity contribution in [1.29, 1.82) is 0 Å². The number of methoxy groups -OCH3 is 1. The summed E-state index contributed by atoms with van der Waals surface area (Å²) in [5, 5.41) is 0.793. The highest BCUT2D eigenvalue weighted by Gasteiger charge is 2.17. The van der Waals surface area contributed by atoms with Crippen LogP contribution in [-0.4, -0.2) is 28.8 Å². The van der Waals surface area contributed by atoms with Gasteiger partial charge in [-0.15, -0.1) is 11.3 Å². The molecule has 0 aliphatic carbocycles. The lowest BCUT2D eigenvalue weighted by molar-refractivity contribution is 0.0605. The molecule has 0 bridgehead atoms. The third kappa shape index (κ3) is 3.09. The maximum absolute atomic E-state index is 12.3. The molecule has 0 aromatic carbocycles. The van der Waals surface area contributed by atoms with Crippen LogP contribution in [0.5, 0.6) is 0 Å². The van der Waals surface area contributed by atoms with Gasteiger partial charge < -0.3 is 4.74 Å². The molecule has 0 N–H and O–H groups in total. The van der Waals surface area contributed by atoms with Crippen LogP contribution in [0.4, 0.5) is 0 Å². The molecule has 0 atom stereocenters. The highest BCUT2D eigenvalue weighted by molar-refractivity contribution is 7.20. The Bertz CT molecular complexity index is 946. The summed E-state index contributed by atoms with van der Waals surface area (Å²) in [6.07, 6.45) is 8.07. The summed E-state index contributed by atoms with van der Waals surface area (Å²) in [7, 11) is 1.35. The molecule has 3 aromatic heterocycles. The number of thiophene rings is 1. The lowest BCUT2D eigenvalue weighted by Gasteiger charge is -1.98. The Kier molecular flexibility index (Phi) is 4.48. The molecule has 0 aliphatic rings. The predicted molar refractivity (Wildman–Crippen MR) is 93.3 cm³/mol. The van der Waals surface area contributed by atoms with Crippen LogP contribution in [0.2, 0.25) is 0 Å². The fourth-order valence-electron chi connectivity index (χ4n) is 2.26. The van der Waals surface area contributed by atoms with Crippen LogP contribution in [0.1, 0.15) is 31.2 Å². The number of hydrogen-bond acceptors (Lipinski definition) is 6. The van der Waals surface area contributed by atoms with E-state index >= 15 is 0 Å². The van der Waals surface area contributed by atoms with Gasteiger partial charge in [0.15, 0.2) is 5.78 Å². The van der Waals surface area contributed by atoms with Gasteiger partial charge in [-0.2, -0.15) is 0 Å². The average Bonchev–Trinajstić information content (AvgIpc) is 2.96. The van der Waals surface area contributed by atoms with Crippen LogP contribution >= 0.6 is 11.3 Å². The van der Waals surface area contributed by atoms with Crippen molar-refractivity contribution in [3.05, 3.63) is 64.4 Å². The number of rotatable bonds is 4. The summed E-state index contributed by atoms with van der Waals surface area (Å²) < 4.78 is 4.77. The van der Waals surface area contributed by atoms with Crippen LogP contribution in [0.15, 0.2) is 42.9 Å². The van der Waals surface area contributed by atoms with Crippen LogP contribution in [-0.2, 0) is 4.74 Å². The number of pyridine rings is 2. The largest absolute Gasteiger partial charge is 0.465 e. The molecule has 0 radical (unpaired) electrons. The molecule has 0 saturated heterocycles. The van der Waals surface area contributed by atoms with Gasteiger partial charge in [0.2, 0.25) is 0 Å². The number of nitrogens with zero attached hydrogens (tertiary/aromatic N) is 2. The van der Waals surface area contributed by atoms with Crippen molar-refractivity contribution in [3.63, 3.8) is 0 Å². The van der Waals surface area contributed by atoms with E-state index < -0.39 is 0 Å². The molecular formula is C18H14N2O3S. The van der Waals surface area contributed by atoms with Crippen molar-refractivity contribution in [2.75, 3.05) is 7.11 Å². The van der Waals surface area contributed by atoms with Gasteiger partial charge in [0.25, 0.3) is 0 Å². The number of carbonyl (C=O) groups is 2. The Morgan fingerprint density at radius 2 is 2.12 bits per heavy atom. The molecule has 5 nitrogen and oxygen atoms in total. The zero-order valence-corrected chi connectivity index (χ0v) is 14.0. The zero-order valence-electron chi connectivity index (χ0n) is 13.1. The fraction of sp³-hybridized carbons (Fsp3) is 0.111. The van der Waals surface area contributed by atoms with Crippen LogP contribution in [0.3, 0.4) is 0 Å².